The van der Waals surface area contributed by atoms with Gasteiger partial charge in [0, 0.05) is 34.2 Å². The lowest BCUT2D eigenvalue weighted by molar-refractivity contribution is -0.385. The third-order valence-electron chi connectivity index (χ3n) is 5.23. The van der Waals surface area contributed by atoms with Gasteiger partial charge in [-0.15, -0.1) is 0 Å². The molecular formula is C22H16BrN3O3. The maximum absolute atomic E-state index is 11.3. The Morgan fingerprint density at radius 1 is 1.07 bits per heavy atom. The number of nitro benzene ring substituents is 1. The van der Waals surface area contributed by atoms with Crippen molar-refractivity contribution in [3.05, 3.63) is 104 Å². The Kier molecular flexibility index (Phi) is 4.32. The zero-order chi connectivity index (χ0) is 20.0. The van der Waals surface area contributed by atoms with Crippen LogP contribution in [0.25, 0.3) is 0 Å². The number of benzene rings is 3. The highest BCUT2D eigenvalue weighted by atomic mass is 79.9. The van der Waals surface area contributed by atoms with Crippen LogP contribution in [0.5, 0.6) is 5.75 Å². The summed E-state index contributed by atoms with van der Waals surface area (Å²) in [5.41, 5.74) is 3.80. The van der Waals surface area contributed by atoms with E-state index in [2.05, 4.69) is 15.9 Å². The molecule has 0 saturated carbocycles. The molecule has 0 aliphatic carbocycles. The third-order valence-corrected chi connectivity index (χ3v) is 5.72. The van der Waals surface area contributed by atoms with E-state index in [4.69, 9.17) is 9.84 Å². The highest BCUT2D eigenvalue weighted by molar-refractivity contribution is 9.10. The Morgan fingerprint density at radius 3 is 2.66 bits per heavy atom. The molecule has 0 bridgehead atoms. The zero-order valence-electron chi connectivity index (χ0n) is 15.2. The van der Waals surface area contributed by atoms with E-state index in [-0.39, 0.29) is 16.7 Å². The second kappa shape index (κ2) is 7.00. The molecule has 0 radical (unpaired) electrons. The summed E-state index contributed by atoms with van der Waals surface area (Å²) in [6.07, 6.45) is 0.249. The zero-order valence-corrected chi connectivity index (χ0v) is 16.8. The van der Waals surface area contributed by atoms with Gasteiger partial charge < -0.3 is 4.74 Å². The van der Waals surface area contributed by atoms with Crippen LogP contribution in [0.2, 0.25) is 0 Å². The van der Waals surface area contributed by atoms with Crippen molar-refractivity contribution >= 4 is 27.3 Å². The van der Waals surface area contributed by atoms with E-state index < -0.39 is 6.23 Å². The number of rotatable bonds is 3. The summed E-state index contributed by atoms with van der Waals surface area (Å²) in [6.45, 7) is 0. The monoisotopic (exact) mass is 449 g/mol. The van der Waals surface area contributed by atoms with Crippen LogP contribution in [0.3, 0.4) is 0 Å². The molecule has 0 saturated heterocycles. The van der Waals surface area contributed by atoms with Crippen LogP contribution in [0.1, 0.15) is 35.4 Å². The summed E-state index contributed by atoms with van der Waals surface area (Å²) in [5, 5.41) is 18.1. The molecule has 0 fully saturated rings. The largest absolute Gasteiger partial charge is 0.464 e. The van der Waals surface area contributed by atoms with Gasteiger partial charge in [-0.1, -0.05) is 58.4 Å². The predicted octanol–water partition coefficient (Wildman–Crippen LogP) is 5.60. The molecule has 7 heteroatoms. The molecule has 3 aromatic rings. The normalized spacial score (nSPS) is 19.8. The fourth-order valence-electron chi connectivity index (χ4n) is 3.87. The average molecular weight is 450 g/mol. The summed E-state index contributed by atoms with van der Waals surface area (Å²) in [5.74, 6) is 0.659. The second-order valence-corrected chi connectivity index (χ2v) is 7.93. The van der Waals surface area contributed by atoms with Gasteiger partial charge in [0.05, 0.1) is 16.7 Å². The van der Waals surface area contributed by atoms with Gasteiger partial charge in [-0.2, -0.15) is 5.10 Å². The van der Waals surface area contributed by atoms with Crippen molar-refractivity contribution in [3.8, 4) is 5.75 Å². The molecule has 2 aliphatic heterocycles. The van der Waals surface area contributed by atoms with Crippen molar-refractivity contribution in [1.82, 2.24) is 5.01 Å². The molecule has 3 aromatic carbocycles. The smallest absolute Gasteiger partial charge is 0.270 e. The van der Waals surface area contributed by atoms with Gasteiger partial charge in [0.2, 0.25) is 6.23 Å². The van der Waals surface area contributed by atoms with Gasteiger partial charge in [0.1, 0.15) is 5.75 Å². The number of hydrogen-bond acceptors (Lipinski definition) is 5. The Bertz CT molecular complexity index is 1130. The summed E-state index contributed by atoms with van der Waals surface area (Å²) >= 11 is 3.52. The van der Waals surface area contributed by atoms with Crippen LogP contribution in [0.4, 0.5) is 5.69 Å². The first-order chi connectivity index (χ1) is 14.1. The van der Waals surface area contributed by atoms with E-state index >= 15 is 0 Å². The average Bonchev–Trinajstić information content (AvgIpc) is 3.19. The van der Waals surface area contributed by atoms with Gasteiger partial charge in [-0.05, 0) is 23.8 Å². The topological polar surface area (TPSA) is 68.0 Å². The summed E-state index contributed by atoms with van der Waals surface area (Å²) in [4.78, 5) is 10.9. The maximum atomic E-state index is 11.3. The molecule has 0 aromatic heterocycles. The van der Waals surface area contributed by atoms with Gasteiger partial charge in [0.25, 0.3) is 5.69 Å². The fourth-order valence-corrected chi connectivity index (χ4v) is 4.29. The number of hydrazone groups is 1. The van der Waals surface area contributed by atoms with E-state index in [0.717, 1.165) is 26.9 Å². The minimum absolute atomic E-state index is 0.0568. The molecule has 2 aliphatic rings. The van der Waals surface area contributed by atoms with Crippen molar-refractivity contribution < 1.29 is 9.66 Å². The van der Waals surface area contributed by atoms with E-state index in [1.807, 2.05) is 59.6 Å². The number of fused-ring (bicyclic) bond motifs is 3. The van der Waals surface area contributed by atoms with Crippen LogP contribution in [-0.2, 0) is 0 Å². The molecule has 5 rings (SSSR count). The van der Waals surface area contributed by atoms with Crippen LogP contribution in [0, 0.1) is 10.1 Å². The molecule has 29 heavy (non-hydrogen) atoms. The second-order valence-electron chi connectivity index (χ2n) is 7.02. The van der Waals surface area contributed by atoms with E-state index in [0.29, 0.717) is 12.2 Å². The number of non-ortho nitro benzene ring substituents is 1. The lowest BCUT2D eigenvalue weighted by atomic mass is 9.95. The number of ether oxygens (including phenoxy) is 1. The van der Waals surface area contributed by atoms with Crippen molar-refractivity contribution in [2.45, 2.75) is 18.7 Å². The van der Waals surface area contributed by atoms with Crippen molar-refractivity contribution in [1.29, 1.82) is 0 Å². The number of halogens is 1. The number of hydrogen-bond donors (Lipinski definition) is 0. The minimum atomic E-state index is -0.410. The van der Waals surface area contributed by atoms with Crippen LogP contribution < -0.4 is 4.74 Å². The third kappa shape index (κ3) is 3.17. The van der Waals surface area contributed by atoms with Gasteiger partial charge in [0.15, 0.2) is 0 Å². The minimum Gasteiger partial charge on any atom is -0.464 e. The molecule has 144 valence electrons. The molecule has 0 amide bonds. The highest BCUT2D eigenvalue weighted by Gasteiger charge is 2.41. The van der Waals surface area contributed by atoms with Crippen molar-refractivity contribution in [3.63, 3.8) is 0 Å². The van der Waals surface area contributed by atoms with Gasteiger partial charge in [-0.25, -0.2) is 5.01 Å². The summed E-state index contributed by atoms with van der Waals surface area (Å²) in [7, 11) is 0. The number of nitro groups is 1. The maximum Gasteiger partial charge on any atom is 0.270 e. The molecule has 2 atom stereocenters. The van der Waals surface area contributed by atoms with E-state index in [9.17, 15) is 10.1 Å². The molecule has 2 heterocycles. The fraction of sp³-hybridized carbons (Fsp3) is 0.136. The molecule has 6 nitrogen and oxygen atoms in total. The standard InChI is InChI=1S/C22H16BrN3O3/c23-16-8-4-7-15(11-16)22-25-20(13-19(24-25)14-5-2-1-3-6-14)18-12-17(26(27)28)9-10-21(18)29-22/h1-12,20,22H,13H2/t20-,22-/m1/s1. The number of nitrogens with zero attached hydrogens (tertiary/aromatic N) is 3. The van der Waals surface area contributed by atoms with Gasteiger partial charge in [-0.3, -0.25) is 10.1 Å². The predicted molar refractivity (Wildman–Crippen MR) is 113 cm³/mol. The molecular weight excluding hydrogens is 434 g/mol. The Hall–Kier alpha value is -3.19. The summed E-state index contributed by atoms with van der Waals surface area (Å²) < 4.78 is 7.24. The Balaban J connectivity index is 1.62. The van der Waals surface area contributed by atoms with Gasteiger partial charge >= 0.3 is 0 Å². The van der Waals surface area contributed by atoms with Crippen LogP contribution in [-0.4, -0.2) is 15.6 Å². The van der Waals surface area contributed by atoms with Crippen LogP contribution >= 0.6 is 15.9 Å². The SMILES string of the molecule is O=[N+]([O-])c1ccc2c(c1)[C@H]1CC(c3ccccc3)=NN1[C@@H](c1cccc(Br)c1)O2. The first-order valence-corrected chi connectivity index (χ1v) is 10.0. The van der Waals surface area contributed by atoms with Crippen LogP contribution in [0.15, 0.2) is 82.4 Å². The first-order valence-electron chi connectivity index (χ1n) is 9.22. The Morgan fingerprint density at radius 2 is 1.90 bits per heavy atom. The summed E-state index contributed by atoms with van der Waals surface area (Å²) in [6, 6.07) is 22.6. The van der Waals surface area contributed by atoms with E-state index in [1.54, 1.807) is 12.1 Å². The van der Waals surface area contributed by atoms with E-state index in [1.165, 1.54) is 6.07 Å². The molecule has 0 unspecified atom stereocenters. The highest BCUT2D eigenvalue weighted by Crippen LogP contribution is 2.48. The first kappa shape index (κ1) is 17.9. The van der Waals surface area contributed by atoms with Crippen molar-refractivity contribution in [2.24, 2.45) is 5.10 Å². The lowest BCUT2D eigenvalue weighted by Crippen LogP contribution is -2.33. The molecule has 0 N–H and O–H groups in total. The lowest BCUT2D eigenvalue weighted by Gasteiger charge is -2.38. The van der Waals surface area contributed by atoms with Crippen molar-refractivity contribution in [2.75, 3.05) is 0 Å². The molecule has 0 spiro atoms. The Labute approximate surface area is 175 Å². The quantitative estimate of drug-likeness (QED) is 0.385.